The SMILES string of the molecule is COc1cccc(CN(C(=O)CCCN(c2cccc(OC)c2)S(C)(=O)=O)[C@H](C)C(=O)NC2CCCC2)c1. The van der Waals surface area contributed by atoms with E-state index in [0.29, 0.717) is 17.2 Å². The van der Waals surface area contributed by atoms with Gasteiger partial charge < -0.3 is 19.7 Å². The molecule has 208 valence electrons. The van der Waals surface area contributed by atoms with Gasteiger partial charge in [-0.1, -0.05) is 31.0 Å². The molecule has 2 aromatic rings. The number of amides is 2. The average Bonchev–Trinajstić information content (AvgIpc) is 3.41. The Morgan fingerprint density at radius 3 is 2.29 bits per heavy atom. The fraction of sp³-hybridized carbons (Fsp3) is 0.500. The van der Waals surface area contributed by atoms with Gasteiger partial charge in [0.15, 0.2) is 0 Å². The number of nitrogens with one attached hydrogen (secondary N) is 1. The van der Waals surface area contributed by atoms with E-state index >= 15 is 0 Å². The molecule has 1 atom stereocenters. The van der Waals surface area contributed by atoms with Crippen molar-refractivity contribution >= 4 is 27.5 Å². The molecule has 2 aromatic carbocycles. The molecule has 38 heavy (non-hydrogen) atoms. The molecule has 0 bridgehead atoms. The number of rotatable bonds is 13. The number of methoxy groups -OCH3 is 2. The van der Waals surface area contributed by atoms with Crippen molar-refractivity contribution < 1.29 is 27.5 Å². The van der Waals surface area contributed by atoms with Crippen molar-refractivity contribution in [3.8, 4) is 11.5 Å². The third-order valence-electron chi connectivity index (χ3n) is 6.85. The van der Waals surface area contributed by atoms with Crippen LogP contribution < -0.4 is 19.1 Å². The molecule has 1 N–H and O–H groups in total. The first kappa shape index (κ1) is 29.3. The van der Waals surface area contributed by atoms with Gasteiger partial charge in [0, 0.05) is 31.6 Å². The van der Waals surface area contributed by atoms with Crippen LogP contribution in [0.25, 0.3) is 0 Å². The Kier molecular flexibility index (Phi) is 10.4. The van der Waals surface area contributed by atoms with Crippen LogP contribution in [0.4, 0.5) is 5.69 Å². The summed E-state index contributed by atoms with van der Waals surface area (Å²) in [6.07, 6.45) is 5.60. The Morgan fingerprint density at radius 2 is 1.66 bits per heavy atom. The van der Waals surface area contributed by atoms with E-state index in [-0.39, 0.29) is 43.8 Å². The maximum absolute atomic E-state index is 13.5. The molecule has 1 aliphatic carbocycles. The van der Waals surface area contributed by atoms with Gasteiger partial charge in [0.1, 0.15) is 17.5 Å². The first-order valence-electron chi connectivity index (χ1n) is 13.0. The standard InChI is InChI=1S/C28H39N3O6S/c1-21(28(33)29-23-11-5-6-12-23)30(20-22-10-7-14-25(18-22)36-2)27(32)16-9-17-31(38(4,34)35)24-13-8-15-26(19-24)37-3/h7-8,10,13-15,18-19,21,23H,5-6,9,11-12,16-17,20H2,1-4H3,(H,29,33)/t21-/m1/s1. The molecule has 1 fully saturated rings. The Labute approximate surface area is 226 Å². The number of nitrogens with zero attached hydrogens (tertiary/aromatic N) is 2. The van der Waals surface area contributed by atoms with E-state index in [4.69, 9.17) is 9.47 Å². The van der Waals surface area contributed by atoms with Crippen molar-refractivity contribution in [3.63, 3.8) is 0 Å². The van der Waals surface area contributed by atoms with Crippen molar-refractivity contribution in [2.24, 2.45) is 0 Å². The molecule has 10 heteroatoms. The topological polar surface area (TPSA) is 105 Å². The second-order valence-electron chi connectivity index (χ2n) is 9.68. The summed E-state index contributed by atoms with van der Waals surface area (Å²) in [5.41, 5.74) is 1.31. The minimum atomic E-state index is -3.59. The fourth-order valence-corrected chi connectivity index (χ4v) is 5.67. The lowest BCUT2D eigenvalue weighted by Crippen LogP contribution is -2.49. The highest BCUT2D eigenvalue weighted by Crippen LogP contribution is 2.24. The van der Waals surface area contributed by atoms with Crippen molar-refractivity contribution in [3.05, 3.63) is 54.1 Å². The summed E-state index contributed by atoms with van der Waals surface area (Å²) in [6, 6.07) is 13.7. The molecular weight excluding hydrogens is 506 g/mol. The van der Waals surface area contributed by atoms with Crippen LogP contribution in [-0.2, 0) is 26.2 Å². The van der Waals surface area contributed by atoms with Gasteiger partial charge in [-0.15, -0.1) is 0 Å². The molecule has 1 saturated carbocycles. The largest absolute Gasteiger partial charge is 0.497 e. The highest BCUT2D eigenvalue weighted by molar-refractivity contribution is 7.92. The van der Waals surface area contributed by atoms with Crippen LogP contribution >= 0.6 is 0 Å². The Hall–Kier alpha value is -3.27. The van der Waals surface area contributed by atoms with Gasteiger partial charge in [0.25, 0.3) is 0 Å². The summed E-state index contributed by atoms with van der Waals surface area (Å²) in [5.74, 6) is 0.808. The van der Waals surface area contributed by atoms with Gasteiger partial charge in [-0.3, -0.25) is 13.9 Å². The molecule has 1 aliphatic rings. The van der Waals surface area contributed by atoms with Crippen LogP contribution in [0, 0.1) is 0 Å². The number of ether oxygens (including phenoxy) is 2. The van der Waals surface area contributed by atoms with Crippen LogP contribution in [0.1, 0.15) is 51.0 Å². The lowest BCUT2D eigenvalue weighted by atomic mass is 10.1. The zero-order valence-electron chi connectivity index (χ0n) is 22.7. The summed E-state index contributed by atoms with van der Waals surface area (Å²) in [5, 5.41) is 3.09. The smallest absolute Gasteiger partial charge is 0.242 e. The Morgan fingerprint density at radius 1 is 1.03 bits per heavy atom. The van der Waals surface area contributed by atoms with Crippen LogP contribution in [0.5, 0.6) is 11.5 Å². The number of carbonyl (C=O) groups is 2. The van der Waals surface area contributed by atoms with Crippen LogP contribution in [-0.4, -0.2) is 64.2 Å². The molecule has 0 saturated heterocycles. The first-order chi connectivity index (χ1) is 18.1. The lowest BCUT2D eigenvalue weighted by molar-refractivity contribution is -0.141. The average molecular weight is 546 g/mol. The molecule has 2 amide bonds. The maximum Gasteiger partial charge on any atom is 0.242 e. The van der Waals surface area contributed by atoms with Gasteiger partial charge in [-0.05, 0) is 56.0 Å². The zero-order chi connectivity index (χ0) is 27.7. The summed E-state index contributed by atoms with van der Waals surface area (Å²) in [7, 11) is -0.489. The van der Waals surface area contributed by atoms with E-state index < -0.39 is 16.1 Å². The first-order valence-corrected chi connectivity index (χ1v) is 14.8. The molecular formula is C28H39N3O6S. The third kappa shape index (κ3) is 8.11. The highest BCUT2D eigenvalue weighted by Gasteiger charge is 2.29. The second-order valence-corrected chi connectivity index (χ2v) is 11.6. The number of hydrogen-bond donors (Lipinski definition) is 1. The number of benzene rings is 2. The van der Waals surface area contributed by atoms with Gasteiger partial charge >= 0.3 is 0 Å². The van der Waals surface area contributed by atoms with Crippen LogP contribution in [0.15, 0.2) is 48.5 Å². The fourth-order valence-electron chi connectivity index (χ4n) is 4.71. The van der Waals surface area contributed by atoms with E-state index in [0.717, 1.165) is 37.5 Å². The molecule has 0 spiro atoms. The van der Waals surface area contributed by atoms with E-state index in [1.54, 1.807) is 43.2 Å². The van der Waals surface area contributed by atoms with Crippen molar-refractivity contribution in [1.82, 2.24) is 10.2 Å². The second kappa shape index (κ2) is 13.5. The van der Waals surface area contributed by atoms with Gasteiger partial charge in [0.05, 0.1) is 26.2 Å². The maximum atomic E-state index is 13.5. The van der Waals surface area contributed by atoms with Crippen LogP contribution in [0.3, 0.4) is 0 Å². The predicted molar refractivity (Wildman–Crippen MR) is 148 cm³/mol. The van der Waals surface area contributed by atoms with Crippen molar-refractivity contribution in [2.45, 2.75) is 64.1 Å². The predicted octanol–water partition coefficient (Wildman–Crippen LogP) is 3.73. The summed E-state index contributed by atoms with van der Waals surface area (Å²) in [4.78, 5) is 28.1. The monoisotopic (exact) mass is 545 g/mol. The van der Waals surface area contributed by atoms with Crippen molar-refractivity contribution in [2.75, 3.05) is 31.3 Å². The molecule has 0 unspecified atom stereocenters. The van der Waals surface area contributed by atoms with Crippen LogP contribution in [0.2, 0.25) is 0 Å². The molecule has 0 aliphatic heterocycles. The zero-order valence-corrected chi connectivity index (χ0v) is 23.5. The Bertz CT molecular complexity index is 1200. The summed E-state index contributed by atoms with van der Waals surface area (Å²) in [6.45, 7) is 2.09. The molecule has 9 nitrogen and oxygen atoms in total. The molecule has 3 rings (SSSR count). The highest BCUT2D eigenvalue weighted by atomic mass is 32.2. The van der Waals surface area contributed by atoms with E-state index in [1.165, 1.54) is 11.4 Å². The van der Waals surface area contributed by atoms with Gasteiger partial charge in [-0.25, -0.2) is 8.42 Å². The summed E-state index contributed by atoms with van der Waals surface area (Å²) < 4.78 is 36.9. The quantitative estimate of drug-likeness (QED) is 0.411. The molecule has 0 heterocycles. The number of carbonyl (C=O) groups excluding carboxylic acids is 2. The number of hydrogen-bond acceptors (Lipinski definition) is 6. The normalized spacial score (nSPS) is 14.5. The lowest BCUT2D eigenvalue weighted by Gasteiger charge is -2.30. The number of anilines is 1. The van der Waals surface area contributed by atoms with E-state index in [9.17, 15) is 18.0 Å². The molecule has 0 radical (unpaired) electrons. The van der Waals surface area contributed by atoms with E-state index in [1.807, 2.05) is 24.3 Å². The van der Waals surface area contributed by atoms with Gasteiger partial charge in [-0.2, -0.15) is 0 Å². The minimum absolute atomic E-state index is 0.0843. The van der Waals surface area contributed by atoms with E-state index in [2.05, 4.69) is 5.32 Å². The number of sulfonamides is 1. The minimum Gasteiger partial charge on any atom is -0.497 e. The summed E-state index contributed by atoms with van der Waals surface area (Å²) >= 11 is 0. The van der Waals surface area contributed by atoms with Gasteiger partial charge in [0.2, 0.25) is 21.8 Å². The molecule has 0 aromatic heterocycles. The third-order valence-corrected chi connectivity index (χ3v) is 8.04. The Balaban J connectivity index is 1.74. The van der Waals surface area contributed by atoms with Crippen molar-refractivity contribution in [1.29, 1.82) is 0 Å².